The molecule has 0 amide bonds. The van der Waals surface area contributed by atoms with Gasteiger partial charge in [0.05, 0.1) is 19.3 Å². The van der Waals surface area contributed by atoms with Crippen LogP contribution in [-0.4, -0.2) is 16.4 Å². The molecule has 5 heteroatoms. The summed E-state index contributed by atoms with van der Waals surface area (Å²) in [5.41, 5.74) is 3.47. The summed E-state index contributed by atoms with van der Waals surface area (Å²) in [5, 5.41) is 8.85. The zero-order valence-corrected chi connectivity index (χ0v) is 14.6. The zero-order chi connectivity index (χ0) is 17.1. The highest BCUT2D eigenvalue weighted by Gasteiger charge is 2.20. The lowest BCUT2D eigenvalue weighted by molar-refractivity contribution is 0.252. The quantitative estimate of drug-likeness (QED) is 0.747. The van der Waals surface area contributed by atoms with Crippen molar-refractivity contribution in [3.63, 3.8) is 0 Å². The Hall–Kier alpha value is -2.30. The lowest BCUT2D eigenvalue weighted by Crippen LogP contribution is -2.26. The molecule has 2 aromatic carbocycles. The average Bonchev–Trinajstić information content (AvgIpc) is 3.09. The number of fused-ring (bicyclic) bond motifs is 1. The number of aromatic nitrogens is 2. The number of para-hydroxylation sites is 1. The van der Waals surface area contributed by atoms with Crippen LogP contribution < -0.4 is 10.1 Å². The molecule has 0 saturated heterocycles. The van der Waals surface area contributed by atoms with Crippen LogP contribution in [0, 0.1) is 0 Å². The summed E-state index contributed by atoms with van der Waals surface area (Å²) in [5.74, 6) is 0.987. The first kappa shape index (κ1) is 16.2. The normalized spacial score (nSPS) is 16.3. The van der Waals surface area contributed by atoms with Crippen LogP contribution in [0.5, 0.6) is 5.75 Å². The largest absolute Gasteiger partial charge is 0.493 e. The Bertz CT molecular complexity index is 861. The Labute approximate surface area is 152 Å². The van der Waals surface area contributed by atoms with Crippen molar-refractivity contribution in [2.75, 3.05) is 6.61 Å². The van der Waals surface area contributed by atoms with Crippen molar-refractivity contribution in [1.29, 1.82) is 0 Å². The summed E-state index contributed by atoms with van der Waals surface area (Å²) < 4.78 is 7.65. The average molecular weight is 354 g/mol. The van der Waals surface area contributed by atoms with E-state index >= 15 is 0 Å². The van der Waals surface area contributed by atoms with E-state index in [2.05, 4.69) is 28.7 Å². The van der Waals surface area contributed by atoms with Crippen molar-refractivity contribution >= 4 is 11.6 Å². The Kier molecular flexibility index (Phi) is 4.72. The zero-order valence-electron chi connectivity index (χ0n) is 13.9. The molecule has 1 aromatic heterocycles. The number of hydrogen-bond donors (Lipinski definition) is 1. The first-order chi connectivity index (χ1) is 12.3. The van der Waals surface area contributed by atoms with Crippen LogP contribution in [-0.2, 0) is 13.1 Å². The molecule has 128 valence electrons. The number of rotatable bonds is 5. The first-order valence-electron chi connectivity index (χ1n) is 8.49. The van der Waals surface area contributed by atoms with E-state index in [1.807, 2.05) is 47.3 Å². The van der Waals surface area contributed by atoms with E-state index in [9.17, 15) is 0 Å². The molecule has 0 fully saturated rings. The SMILES string of the molecule is Clc1ccccc1Cn1cc(CN[C@@H]2CCOc3ccccc32)cn1. The predicted octanol–water partition coefficient (Wildman–Crippen LogP) is 4.20. The van der Waals surface area contributed by atoms with Crippen molar-refractivity contribution < 1.29 is 4.74 Å². The standard InChI is InChI=1S/C20H20ClN3O/c21-18-7-3-1-5-16(18)14-24-13-15(12-23-24)11-22-19-9-10-25-20-8-4-2-6-17(19)20/h1-8,12-13,19,22H,9-11,14H2/t19-/m1/s1. The maximum atomic E-state index is 6.23. The molecule has 1 N–H and O–H groups in total. The van der Waals surface area contributed by atoms with Crippen molar-refractivity contribution in [2.24, 2.45) is 0 Å². The monoisotopic (exact) mass is 353 g/mol. The minimum absolute atomic E-state index is 0.317. The number of nitrogens with zero attached hydrogens (tertiary/aromatic N) is 2. The topological polar surface area (TPSA) is 39.1 Å². The third-order valence-corrected chi connectivity index (χ3v) is 4.86. The van der Waals surface area contributed by atoms with Gasteiger partial charge in [-0.25, -0.2) is 0 Å². The Morgan fingerprint density at radius 3 is 2.92 bits per heavy atom. The second-order valence-corrected chi connectivity index (χ2v) is 6.65. The van der Waals surface area contributed by atoms with Crippen LogP contribution in [0.1, 0.15) is 29.2 Å². The van der Waals surface area contributed by atoms with E-state index < -0.39 is 0 Å². The number of ether oxygens (including phenoxy) is 1. The molecule has 25 heavy (non-hydrogen) atoms. The molecular weight excluding hydrogens is 334 g/mol. The molecule has 0 unspecified atom stereocenters. The minimum atomic E-state index is 0.317. The van der Waals surface area contributed by atoms with Gasteiger partial charge in [0.15, 0.2) is 0 Å². The Balaban J connectivity index is 1.40. The number of nitrogens with one attached hydrogen (secondary N) is 1. The summed E-state index contributed by atoms with van der Waals surface area (Å²) in [6, 6.07) is 16.4. The van der Waals surface area contributed by atoms with E-state index in [4.69, 9.17) is 16.3 Å². The van der Waals surface area contributed by atoms with E-state index in [1.54, 1.807) is 0 Å². The van der Waals surface area contributed by atoms with Gasteiger partial charge in [-0.3, -0.25) is 4.68 Å². The van der Waals surface area contributed by atoms with Gasteiger partial charge in [0.25, 0.3) is 0 Å². The number of hydrogen-bond acceptors (Lipinski definition) is 3. The third kappa shape index (κ3) is 3.70. The smallest absolute Gasteiger partial charge is 0.124 e. The summed E-state index contributed by atoms with van der Waals surface area (Å²) in [4.78, 5) is 0. The lowest BCUT2D eigenvalue weighted by Gasteiger charge is -2.26. The molecule has 2 heterocycles. The molecule has 1 aliphatic rings. The van der Waals surface area contributed by atoms with Crippen molar-refractivity contribution in [3.8, 4) is 5.75 Å². The van der Waals surface area contributed by atoms with Gasteiger partial charge >= 0.3 is 0 Å². The molecule has 3 aromatic rings. The van der Waals surface area contributed by atoms with Crippen molar-refractivity contribution in [2.45, 2.75) is 25.6 Å². The maximum Gasteiger partial charge on any atom is 0.124 e. The fourth-order valence-electron chi connectivity index (χ4n) is 3.18. The maximum absolute atomic E-state index is 6.23. The molecule has 1 aliphatic heterocycles. The van der Waals surface area contributed by atoms with Gasteiger partial charge in [-0.2, -0.15) is 5.10 Å². The lowest BCUT2D eigenvalue weighted by atomic mass is 10.0. The minimum Gasteiger partial charge on any atom is -0.493 e. The van der Waals surface area contributed by atoms with Crippen LogP contribution in [0.3, 0.4) is 0 Å². The molecule has 4 rings (SSSR count). The van der Waals surface area contributed by atoms with Gasteiger partial charge in [-0.1, -0.05) is 48.0 Å². The molecular formula is C20H20ClN3O. The third-order valence-electron chi connectivity index (χ3n) is 4.49. The van der Waals surface area contributed by atoms with Crippen molar-refractivity contribution in [3.05, 3.63) is 82.6 Å². The van der Waals surface area contributed by atoms with Crippen LogP contribution in [0.15, 0.2) is 60.9 Å². The van der Waals surface area contributed by atoms with E-state index in [-0.39, 0.29) is 0 Å². The van der Waals surface area contributed by atoms with Gasteiger partial charge in [0, 0.05) is 41.4 Å². The van der Waals surface area contributed by atoms with Crippen LogP contribution in [0.2, 0.25) is 5.02 Å². The van der Waals surface area contributed by atoms with Crippen LogP contribution in [0.25, 0.3) is 0 Å². The van der Waals surface area contributed by atoms with E-state index in [0.717, 1.165) is 41.5 Å². The number of benzene rings is 2. The molecule has 0 spiro atoms. The first-order valence-corrected chi connectivity index (χ1v) is 8.87. The van der Waals surface area contributed by atoms with Gasteiger partial charge in [-0.05, 0) is 17.7 Å². The van der Waals surface area contributed by atoms with Gasteiger partial charge < -0.3 is 10.1 Å². The van der Waals surface area contributed by atoms with Gasteiger partial charge in [0.2, 0.25) is 0 Å². The Morgan fingerprint density at radius 2 is 2.00 bits per heavy atom. The van der Waals surface area contributed by atoms with Crippen LogP contribution in [0.4, 0.5) is 0 Å². The highest BCUT2D eigenvalue weighted by molar-refractivity contribution is 6.31. The predicted molar refractivity (Wildman–Crippen MR) is 98.9 cm³/mol. The van der Waals surface area contributed by atoms with E-state index in [1.165, 1.54) is 5.56 Å². The second-order valence-electron chi connectivity index (χ2n) is 6.25. The summed E-state index contributed by atoms with van der Waals surface area (Å²) in [6.07, 6.45) is 4.96. The summed E-state index contributed by atoms with van der Waals surface area (Å²) in [7, 11) is 0. The van der Waals surface area contributed by atoms with Gasteiger partial charge in [-0.15, -0.1) is 0 Å². The summed E-state index contributed by atoms with van der Waals surface area (Å²) in [6.45, 7) is 2.21. The summed E-state index contributed by atoms with van der Waals surface area (Å²) >= 11 is 6.23. The van der Waals surface area contributed by atoms with Gasteiger partial charge in [0.1, 0.15) is 5.75 Å². The fourth-order valence-corrected chi connectivity index (χ4v) is 3.38. The molecule has 0 aliphatic carbocycles. The number of halogens is 1. The highest BCUT2D eigenvalue weighted by Crippen LogP contribution is 2.31. The molecule has 0 saturated carbocycles. The molecule has 0 radical (unpaired) electrons. The molecule has 0 bridgehead atoms. The fraction of sp³-hybridized carbons (Fsp3) is 0.250. The van der Waals surface area contributed by atoms with E-state index in [0.29, 0.717) is 12.6 Å². The molecule has 1 atom stereocenters. The Morgan fingerprint density at radius 1 is 1.16 bits per heavy atom. The molecule has 4 nitrogen and oxygen atoms in total. The second kappa shape index (κ2) is 7.30. The highest BCUT2D eigenvalue weighted by atomic mass is 35.5. The van der Waals surface area contributed by atoms with Crippen LogP contribution >= 0.6 is 11.6 Å². The van der Waals surface area contributed by atoms with Crippen molar-refractivity contribution in [1.82, 2.24) is 15.1 Å².